The van der Waals surface area contributed by atoms with Crippen molar-refractivity contribution in [1.82, 2.24) is 10.2 Å². The van der Waals surface area contributed by atoms with Crippen LogP contribution in [0.15, 0.2) is 48.5 Å². The van der Waals surface area contributed by atoms with Crippen molar-refractivity contribution in [1.29, 1.82) is 0 Å². The SMILES string of the molecule is COc1cc(CNC(=O)C2CC(C)CN2C(=O)C(N)CCc2ccccc2)ccc1CN. The predicted octanol–water partition coefficient (Wildman–Crippen LogP) is 1.97. The van der Waals surface area contributed by atoms with Gasteiger partial charge in [0.15, 0.2) is 0 Å². The average molecular weight is 439 g/mol. The van der Waals surface area contributed by atoms with Crippen LogP contribution in [0, 0.1) is 5.92 Å². The molecule has 1 aliphatic rings. The van der Waals surface area contributed by atoms with E-state index in [0.717, 1.165) is 23.1 Å². The maximum atomic E-state index is 13.0. The molecule has 0 aliphatic carbocycles. The van der Waals surface area contributed by atoms with Crippen molar-refractivity contribution in [3.8, 4) is 5.75 Å². The van der Waals surface area contributed by atoms with Crippen LogP contribution in [0.5, 0.6) is 5.75 Å². The molecule has 0 saturated carbocycles. The maximum absolute atomic E-state index is 13.0. The van der Waals surface area contributed by atoms with Crippen LogP contribution in [0.2, 0.25) is 0 Å². The number of carbonyl (C=O) groups is 2. The van der Waals surface area contributed by atoms with Gasteiger partial charge < -0.3 is 26.4 Å². The molecule has 0 spiro atoms. The molecule has 1 saturated heterocycles. The second-order valence-electron chi connectivity index (χ2n) is 8.55. The van der Waals surface area contributed by atoms with Crippen LogP contribution < -0.4 is 21.5 Å². The summed E-state index contributed by atoms with van der Waals surface area (Å²) in [6.07, 6.45) is 1.92. The van der Waals surface area contributed by atoms with E-state index in [2.05, 4.69) is 12.2 Å². The third-order valence-corrected chi connectivity index (χ3v) is 6.04. The highest BCUT2D eigenvalue weighted by Gasteiger charge is 2.39. The predicted molar refractivity (Wildman–Crippen MR) is 125 cm³/mol. The normalized spacial score (nSPS) is 18.9. The van der Waals surface area contributed by atoms with E-state index in [4.69, 9.17) is 16.2 Å². The van der Waals surface area contributed by atoms with Gasteiger partial charge in [-0.15, -0.1) is 0 Å². The summed E-state index contributed by atoms with van der Waals surface area (Å²) in [7, 11) is 1.60. The fraction of sp³-hybridized carbons (Fsp3) is 0.440. The van der Waals surface area contributed by atoms with Crippen LogP contribution in [0.1, 0.15) is 36.5 Å². The van der Waals surface area contributed by atoms with Crippen LogP contribution in [0.4, 0.5) is 0 Å². The summed E-state index contributed by atoms with van der Waals surface area (Å²) in [6.45, 7) is 3.35. The third-order valence-electron chi connectivity index (χ3n) is 6.04. The Kier molecular flexibility index (Phi) is 8.25. The van der Waals surface area contributed by atoms with E-state index in [0.29, 0.717) is 38.2 Å². The Labute approximate surface area is 190 Å². The molecule has 2 aromatic carbocycles. The molecule has 0 aromatic heterocycles. The number of ether oxygens (including phenoxy) is 1. The first kappa shape index (κ1) is 23.8. The molecule has 2 aromatic rings. The van der Waals surface area contributed by atoms with Crippen molar-refractivity contribution in [2.24, 2.45) is 17.4 Å². The molecule has 7 nitrogen and oxygen atoms in total. The largest absolute Gasteiger partial charge is 0.496 e. The second kappa shape index (κ2) is 11.1. The van der Waals surface area contributed by atoms with Gasteiger partial charge in [-0.25, -0.2) is 0 Å². The second-order valence-corrected chi connectivity index (χ2v) is 8.55. The lowest BCUT2D eigenvalue weighted by Gasteiger charge is -2.27. The first-order valence-corrected chi connectivity index (χ1v) is 11.2. The lowest BCUT2D eigenvalue weighted by atomic mass is 10.0. The Morgan fingerprint density at radius 3 is 2.62 bits per heavy atom. The fourth-order valence-electron chi connectivity index (χ4n) is 4.22. The van der Waals surface area contributed by atoms with E-state index < -0.39 is 12.1 Å². The lowest BCUT2D eigenvalue weighted by Crippen LogP contribution is -2.51. The van der Waals surface area contributed by atoms with Crippen LogP contribution in [0.3, 0.4) is 0 Å². The number of nitrogens with one attached hydrogen (secondary N) is 1. The van der Waals surface area contributed by atoms with E-state index in [-0.39, 0.29) is 17.7 Å². The van der Waals surface area contributed by atoms with Gasteiger partial charge in [-0.2, -0.15) is 0 Å². The summed E-state index contributed by atoms with van der Waals surface area (Å²) in [4.78, 5) is 27.7. The van der Waals surface area contributed by atoms with Crippen molar-refractivity contribution in [2.45, 2.75) is 51.4 Å². The van der Waals surface area contributed by atoms with Crippen LogP contribution in [-0.4, -0.2) is 42.5 Å². The first-order chi connectivity index (χ1) is 15.4. The zero-order valence-electron chi connectivity index (χ0n) is 18.9. The molecule has 3 rings (SSSR count). The van der Waals surface area contributed by atoms with E-state index >= 15 is 0 Å². The molecule has 1 fully saturated rings. The molecule has 3 unspecified atom stereocenters. The monoisotopic (exact) mass is 438 g/mol. The summed E-state index contributed by atoms with van der Waals surface area (Å²) in [5.41, 5.74) is 14.9. The van der Waals surface area contributed by atoms with Gasteiger partial charge >= 0.3 is 0 Å². The van der Waals surface area contributed by atoms with Crippen molar-refractivity contribution in [2.75, 3.05) is 13.7 Å². The van der Waals surface area contributed by atoms with Crippen LogP contribution >= 0.6 is 0 Å². The van der Waals surface area contributed by atoms with Crippen molar-refractivity contribution in [3.63, 3.8) is 0 Å². The van der Waals surface area contributed by atoms with Gasteiger partial charge in [-0.3, -0.25) is 9.59 Å². The van der Waals surface area contributed by atoms with E-state index in [9.17, 15) is 9.59 Å². The molecule has 3 atom stereocenters. The van der Waals surface area contributed by atoms with E-state index in [1.165, 1.54) is 0 Å². The number of nitrogens with zero attached hydrogens (tertiary/aromatic N) is 1. The molecule has 7 heteroatoms. The molecule has 32 heavy (non-hydrogen) atoms. The number of hydrogen-bond donors (Lipinski definition) is 3. The molecule has 0 bridgehead atoms. The highest BCUT2D eigenvalue weighted by Crippen LogP contribution is 2.25. The van der Waals surface area contributed by atoms with Crippen LogP contribution in [-0.2, 0) is 29.1 Å². The minimum atomic E-state index is -0.621. The number of likely N-dealkylation sites (tertiary alicyclic amines) is 1. The molecular formula is C25H34N4O3. The number of aryl methyl sites for hydroxylation is 1. The summed E-state index contributed by atoms with van der Waals surface area (Å²) >= 11 is 0. The summed E-state index contributed by atoms with van der Waals surface area (Å²) in [5, 5.41) is 2.97. The summed E-state index contributed by atoms with van der Waals surface area (Å²) in [6, 6.07) is 14.6. The molecule has 2 amide bonds. The zero-order chi connectivity index (χ0) is 23.1. The average Bonchev–Trinajstić information content (AvgIpc) is 3.22. The molecule has 172 valence electrons. The fourth-order valence-corrected chi connectivity index (χ4v) is 4.22. The Hall–Kier alpha value is -2.90. The lowest BCUT2D eigenvalue weighted by molar-refractivity contribution is -0.139. The highest BCUT2D eigenvalue weighted by atomic mass is 16.5. The Morgan fingerprint density at radius 2 is 1.94 bits per heavy atom. The molecule has 0 radical (unpaired) electrons. The first-order valence-electron chi connectivity index (χ1n) is 11.2. The topological polar surface area (TPSA) is 111 Å². The van der Waals surface area contributed by atoms with Gasteiger partial charge in [0.1, 0.15) is 11.8 Å². The van der Waals surface area contributed by atoms with Crippen LogP contribution in [0.25, 0.3) is 0 Å². The molecular weight excluding hydrogens is 404 g/mol. The Bertz CT molecular complexity index is 919. The molecule has 1 aliphatic heterocycles. The van der Waals surface area contributed by atoms with Gasteiger partial charge in [-0.05, 0) is 42.4 Å². The number of carbonyl (C=O) groups excluding carboxylic acids is 2. The highest BCUT2D eigenvalue weighted by molar-refractivity contribution is 5.90. The number of nitrogens with two attached hydrogens (primary N) is 2. The van der Waals surface area contributed by atoms with Crippen molar-refractivity contribution < 1.29 is 14.3 Å². The maximum Gasteiger partial charge on any atom is 0.243 e. The smallest absolute Gasteiger partial charge is 0.243 e. The zero-order valence-corrected chi connectivity index (χ0v) is 18.9. The third kappa shape index (κ3) is 5.87. The number of hydrogen-bond acceptors (Lipinski definition) is 5. The number of methoxy groups -OCH3 is 1. The minimum absolute atomic E-state index is 0.153. The standard InChI is InChI=1S/C25H34N4O3/c1-17-12-22(24(30)28-15-19-8-10-20(14-26)23(13-19)32-2)29(16-17)25(31)21(27)11-9-18-6-4-3-5-7-18/h3-8,10,13,17,21-22H,9,11-12,14-16,26-27H2,1-2H3,(H,28,30). The van der Waals surface area contributed by atoms with Gasteiger partial charge in [0.05, 0.1) is 13.2 Å². The van der Waals surface area contributed by atoms with Crippen molar-refractivity contribution >= 4 is 11.8 Å². The molecule has 1 heterocycles. The van der Waals surface area contributed by atoms with E-state index in [1.54, 1.807) is 12.0 Å². The molecule has 5 N–H and O–H groups in total. The Morgan fingerprint density at radius 1 is 1.19 bits per heavy atom. The number of benzene rings is 2. The van der Waals surface area contributed by atoms with Gasteiger partial charge in [0.2, 0.25) is 11.8 Å². The van der Waals surface area contributed by atoms with E-state index in [1.807, 2.05) is 48.5 Å². The van der Waals surface area contributed by atoms with Crippen molar-refractivity contribution in [3.05, 3.63) is 65.2 Å². The number of rotatable bonds is 9. The number of amides is 2. The van der Waals surface area contributed by atoms with Gasteiger partial charge in [0.25, 0.3) is 0 Å². The Balaban J connectivity index is 1.59. The quantitative estimate of drug-likeness (QED) is 0.554. The van der Waals surface area contributed by atoms with Gasteiger partial charge in [-0.1, -0.05) is 49.4 Å². The summed E-state index contributed by atoms with van der Waals surface area (Å²) in [5.74, 6) is 0.647. The minimum Gasteiger partial charge on any atom is -0.496 e. The van der Waals surface area contributed by atoms with Gasteiger partial charge in [0, 0.05) is 25.2 Å². The summed E-state index contributed by atoms with van der Waals surface area (Å²) < 4.78 is 5.37.